The van der Waals surface area contributed by atoms with E-state index in [-0.39, 0.29) is 36.7 Å². The number of benzene rings is 3. The smallest absolute Gasteiger partial charge is 0.261 e. The Hall–Kier alpha value is -3.67. The minimum atomic E-state index is -0.317. The number of carbonyl (C=O) groups is 2. The number of hydrogen-bond acceptors (Lipinski definition) is 3. The SMILES string of the molecule is C[C@@H](c1ccc(F)cc1)N1Cc2cc(NC(=O)Cc3ccccc3)ccc2OCC1=O. The van der Waals surface area contributed by atoms with Gasteiger partial charge < -0.3 is 15.0 Å². The third kappa shape index (κ3) is 4.91. The molecule has 1 atom stereocenters. The van der Waals surface area contributed by atoms with Gasteiger partial charge in [-0.1, -0.05) is 42.5 Å². The average molecular weight is 418 g/mol. The minimum Gasteiger partial charge on any atom is -0.483 e. The van der Waals surface area contributed by atoms with Crippen molar-refractivity contribution in [2.45, 2.75) is 25.9 Å². The largest absolute Gasteiger partial charge is 0.483 e. The molecule has 158 valence electrons. The molecule has 6 heteroatoms. The Balaban J connectivity index is 1.51. The first kappa shape index (κ1) is 20.6. The van der Waals surface area contributed by atoms with Crippen molar-refractivity contribution in [1.29, 1.82) is 0 Å². The van der Waals surface area contributed by atoms with Crippen molar-refractivity contribution in [2.24, 2.45) is 0 Å². The van der Waals surface area contributed by atoms with Gasteiger partial charge in [-0.25, -0.2) is 4.39 Å². The number of nitrogens with one attached hydrogen (secondary N) is 1. The van der Waals surface area contributed by atoms with E-state index in [9.17, 15) is 14.0 Å². The van der Waals surface area contributed by atoms with Crippen LogP contribution in [0, 0.1) is 5.82 Å². The summed E-state index contributed by atoms with van der Waals surface area (Å²) in [6, 6.07) is 20.8. The third-order valence-electron chi connectivity index (χ3n) is 5.38. The lowest BCUT2D eigenvalue weighted by Crippen LogP contribution is -2.34. The number of ether oxygens (including phenoxy) is 1. The summed E-state index contributed by atoms with van der Waals surface area (Å²) in [7, 11) is 0. The van der Waals surface area contributed by atoms with Crippen LogP contribution in [0.4, 0.5) is 10.1 Å². The molecule has 4 rings (SSSR count). The molecule has 3 aromatic carbocycles. The molecule has 2 amide bonds. The van der Waals surface area contributed by atoms with Gasteiger partial charge in [0.2, 0.25) is 5.91 Å². The summed E-state index contributed by atoms with van der Waals surface area (Å²) in [6.45, 7) is 2.16. The highest BCUT2D eigenvalue weighted by atomic mass is 19.1. The molecule has 0 unspecified atom stereocenters. The van der Waals surface area contributed by atoms with Crippen molar-refractivity contribution in [3.8, 4) is 5.75 Å². The highest BCUT2D eigenvalue weighted by Gasteiger charge is 2.27. The lowest BCUT2D eigenvalue weighted by Gasteiger charge is -2.28. The lowest BCUT2D eigenvalue weighted by molar-refractivity contribution is -0.135. The number of fused-ring (bicyclic) bond motifs is 1. The summed E-state index contributed by atoms with van der Waals surface area (Å²) in [6.07, 6.45) is 0.278. The Morgan fingerprint density at radius 1 is 1.10 bits per heavy atom. The Bertz CT molecular complexity index is 1080. The Morgan fingerprint density at radius 2 is 1.84 bits per heavy atom. The molecule has 1 aliphatic heterocycles. The molecule has 3 aromatic rings. The molecule has 0 saturated heterocycles. The van der Waals surface area contributed by atoms with Crippen LogP contribution in [-0.2, 0) is 22.6 Å². The molecule has 0 aliphatic carbocycles. The van der Waals surface area contributed by atoms with E-state index in [1.165, 1.54) is 12.1 Å². The Labute approximate surface area is 180 Å². The molecule has 0 fully saturated rings. The molecular formula is C25H23FN2O3. The van der Waals surface area contributed by atoms with E-state index >= 15 is 0 Å². The zero-order valence-electron chi connectivity index (χ0n) is 17.2. The fraction of sp³-hybridized carbons (Fsp3) is 0.200. The first-order valence-corrected chi connectivity index (χ1v) is 10.1. The van der Waals surface area contributed by atoms with Gasteiger partial charge in [-0.05, 0) is 48.4 Å². The molecular weight excluding hydrogens is 395 g/mol. The molecule has 0 radical (unpaired) electrons. The van der Waals surface area contributed by atoms with Crippen LogP contribution in [0.5, 0.6) is 5.75 Å². The normalized spacial score (nSPS) is 14.3. The molecule has 31 heavy (non-hydrogen) atoms. The predicted molar refractivity (Wildman–Crippen MR) is 116 cm³/mol. The van der Waals surface area contributed by atoms with E-state index in [4.69, 9.17) is 4.74 Å². The summed E-state index contributed by atoms with van der Waals surface area (Å²) in [5.41, 5.74) is 3.22. The Morgan fingerprint density at radius 3 is 2.58 bits per heavy atom. The topological polar surface area (TPSA) is 58.6 Å². The second-order valence-electron chi connectivity index (χ2n) is 7.57. The summed E-state index contributed by atoms with van der Waals surface area (Å²) in [5, 5.41) is 2.91. The second-order valence-corrected chi connectivity index (χ2v) is 7.57. The molecule has 0 saturated carbocycles. The summed E-state index contributed by atoms with van der Waals surface area (Å²) in [5.74, 6) is 0.0295. The molecule has 1 N–H and O–H groups in total. The first-order valence-electron chi connectivity index (χ1n) is 10.1. The third-order valence-corrected chi connectivity index (χ3v) is 5.38. The van der Waals surface area contributed by atoms with Gasteiger partial charge in [-0.15, -0.1) is 0 Å². The van der Waals surface area contributed by atoms with E-state index in [1.807, 2.05) is 43.3 Å². The zero-order valence-corrected chi connectivity index (χ0v) is 17.2. The van der Waals surface area contributed by atoms with Crippen LogP contribution in [0.15, 0.2) is 72.8 Å². The maximum Gasteiger partial charge on any atom is 0.261 e. The zero-order chi connectivity index (χ0) is 21.8. The summed E-state index contributed by atoms with van der Waals surface area (Å²) in [4.78, 5) is 26.8. The van der Waals surface area contributed by atoms with Crippen molar-refractivity contribution >= 4 is 17.5 Å². The fourth-order valence-corrected chi connectivity index (χ4v) is 3.68. The van der Waals surface area contributed by atoms with Gasteiger partial charge in [0.25, 0.3) is 5.91 Å². The van der Waals surface area contributed by atoms with Gasteiger partial charge in [-0.3, -0.25) is 9.59 Å². The van der Waals surface area contributed by atoms with E-state index < -0.39 is 0 Å². The van der Waals surface area contributed by atoms with Crippen molar-refractivity contribution in [3.05, 3.63) is 95.3 Å². The number of rotatable bonds is 5. The van der Waals surface area contributed by atoms with E-state index in [2.05, 4.69) is 5.32 Å². The van der Waals surface area contributed by atoms with Crippen LogP contribution in [0.2, 0.25) is 0 Å². The molecule has 0 spiro atoms. The maximum absolute atomic E-state index is 13.3. The van der Waals surface area contributed by atoms with Gasteiger partial charge in [0, 0.05) is 11.3 Å². The second kappa shape index (κ2) is 9.00. The highest BCUT2D eigenvalue weighted by Crippen LogP contribution is 2.31. The monoisotopic (exact) mass is 418 g/mol. The van der Waals surface area contributed by atoms with Gasteiger partial charge in [0.1, 0.15) is 11.6 Å². The number of halogens is 1. The van der Waals surface area contributed by atoms with E-state index in [1.54, 1.807) is 29.2 Å². The number of anilines is 1. The first-order chi connectivity index (χ1) is 15.0. The fourth-order valence-electron chi connectivity index (χ4n) is 3.68. The number of carbonyl (C=O) groups excluding carboxylic acids is 2. The van der Waals surface area contributed by atoms with Crippen LogP contribution in [0.3, 0.4) is 0 Å². The van der Waals surface area contributed by atoms with Crippen LogP contribution >= 0.6 is 0 Å². The molecule has 1 heterocycles. The summed E-state index contributed by atoms with van der Waals surface area (Å²) < 4.78 is 19.0. The quantitative estimate of drug-likeness (QED) is 0.664. The number of nitrogens with zero attached hydrogens (tertiary/aromatic N) is 1. The molecule has 0 aromatic heterocycles. The van der Waals surface area contributed by atoms with Gasteiger partial charge in [0.15, 0.2) is 6.61 Å². The van der Waals surface area contributed by atoms with Crippen LogP contribution in [0.1, 0.15) is 29.7 Å². The minimum absolute atomic E-state index is 0.0712. The number of amides is 2. The maximum atomic E-state index is 13.3. The molecule has 1 aliphatic rings. The van der Waals surface area contributed by atoms with Crippen molar-refractivity contribution in [2.75, 3.05) is 11.9 Å². The molecule has 0 bridgehead atoms. The average Bonchev–Trinajstić information content (AvgIpc) is 2.93. The highest BCUT2D eigenvalue weighted by molar-refractivity contribution is 5.92. The van der Waals surface area contributed by atoms with Crippen LogP contribution in [-0.4, -0.2) is 23.3 Å². The summed E-state index contributed by atoms with van der Waals surface area (Å²) >= 11 is 0. The van der Waals surface area contributed by atoms with Crippen molar-refractivity contribution < 1.29 is 18.7 Å². The van der Waals surface area contributed by atoms with E-state index in [0.29, 0.717) is 18.0 Å². The number of hydrogen-bond donors (Lipinski definition) is 1. The van der Waals surface area contributed by atoms with Crippen molar-refractivity contribution in [3.63, 3.8) is 0 Å². The van der Waals surface area contributed by atoms with E-state index in [0.717, 1.165) is 16.7 Å². The molecule has 5 nitrogen and oxygen atoms in total. The van der Waals surface area contributed by atoms with Crippen LogP contribution < -0.4 is 10.1 Å². The van der Waals surface area contributed by atoms with Gasteiger partial charge in [0.05, 0.1) is 19.0 Å². The predicted octanol–water partition coefficient (Wildman–Crippen LogP) is 4.49. The lowest BCUT2D eigenvalue weighted by atomic mass is 10.1. The van der Waals surface area contributed by atoms with Crippen molar-refractivity contribution in [1.82, 2.24) is 4.90 Å². The van der Waals surface area contributed by atoms with Gasteiger partial charge in [-0.2, -0.15) is 0 Å². The van der Waals surface area contributed by atoms with Gasteiger partial charge >= 0.3 is 0 Å². The Kier molecular flexibility index (Phi) is 5.98. The standard InChI is InChI=1S/C25H23FN2O3/c1-17(19-7-9-21(26)10-8-19)28-15-20-14-22(11-12-23(20)31-16-25(28)30)27-24(29)13-18-5-3-2-4-6-18/h2-12,14,17H,13,15-16H2,1H3,(H,27,29)/t17-/m0/s1. The van der Waals surface area contributed by atoms with Crippen LogP contribution in [0.25, 0.3) is 0 Å².